The molecule has 12 aromatic rings. The molecule has 0 unspecified atom stereocenters. The van der Waals surface area contributed by atoms with Crippen molar-refractivity contribution in [2.75, 3.05) is 9.80 Å². The van der Waals surface area contributed by atoms with E-state index in [2.05, 4.69) is 257 Å². The molecule has 0 saturated heterocycles. The van der Waals surface area contributed by atoms with Crippen molar-refractivity contribution in [1.82, 2.24) is 4.57 Å². The molecule has 1 aromatic heterocycles. The molecule has 0 saturated carbocycles. The zero-order valence-electron chi connectivity index (χ0n) is 37.1. The fourth-order valence-corrected chi connectivity index (χ4v) is 9.83. The molecule has 11 aromatic carbocycles. The number of nitrogens with zero attached hydrogens (tertiary/aromatic N) is 3. The maximum absolute atomic E-state index is 14.6. The summed E-state index contributed by atoms with van der Waals surface area (Å²) in [5, 5.41) is 4.52. The largest absolute Gasteiger partial charge is 0.310 e. The van der Waals surface area contributed by atoms with E-state index in [9.17, 15) is 4.39 Å². The van der Waals surface area contributed by atoms with Crippen LogP contribution in [0.5, 0.6) is 0 Å². The van der Waals surface area contributed by atoms with E-state index >= 15 is 0 Å². The van der Waals surface area contributed by atoms with Crippen LogP contribution in [-0.2, 0) is 0 Å². The number of halogens is 1. The van der Waals surface area contributed by atoms with Gasteiger partial charge in [-0.3, -0.25) is 0 Å². The summed E-state index contributed by atoms with van der Waals surface area (Å²) in [5.74, 6) is -0.273. The number of fused-ring (bicyclic) bond motifs is 4. The normalized spacial score (nSPS) is 11.3. The van der Waals surface area contributed by atoms with Crippen molar-refractivity contribution in [3.05, 3.63) is 273 Å². The van der Waals surface area contributed by atoms with E-state index in [4.69, 9.17) is 0 Å². The van der Waals surface area contributed by atoms with Gasteiger partial charge in [0, 0.05) is 50.3 Å². The second kappa shape index (κ2) is 17.4. The molecule has 0 N–H and O–H groups in total. The fraction of sp³-hybridized carbons (Fsp3) is 0. The van der Waals surface area contributed by atoms with Crippen molar-refractivity contribution in [3.63, 3.8) is 0 Å². The third kappa shape index (κ3) is 7.44. The van der Waals surface area contributed by atoms with Crippen molar-refractivity contribution >= 4 is 66.7 Å². The van der Waals surface area contributed by atoms with E-state index < -0.39 is 0 Å². The topological polar surface area (TPSA) is 11.4 Å². The van der Waals surface area contributed by atoms with Crippen LogP contribution < -0.4 is 9.80 Å². The predicted octanol–water partition coefficient (Wildman–Crippen LogP) is 18.0. The Kier molecular flexibility index (Phi) is 10.4. The summed E-state index contributed by atoms with van der Waals surface area (Å²) in [6.45, 7) is 0. The Labute approximate surface area is 395 Å². The molecule has 1 heterocycles. The van der Waals surface area contributed by atoms with E-state index in [1.807, 2.05) is 12.1 Å². The standard InChI is InChI=1S/C64H44FN3/c65-50-31-37-54(38-32-50)67(56-39-41-64-61(44-56)60-25-12-13-26-62(60)68(64)51-20-8-3-9-21-51)63-42-40-57(58-23-10-11-24-59(58)63)48-29-35-53(36-30-48)66(52-33-27-47(28-34-52)45-15-4-1-5-16-45)55-22-14-19-49(43-55)46-17-6-2-7-18-46/h1-44H. The smallest absolute Gasteiger partial charge is 0.123 e. The average molecular weight is 874 g/mol. The molecule has 0 amide bonds. The number of anilines is 6. The van der Waals surface area contributed by atoms with Gasteiger partial charge < -0.3 is 14.4 Å². The van der Waals surface area contributed by atoms with E-state index in [0.29, 0.717) is 0 Å². The van der Waals surface area contributed by atoms with E-state index in [1.165, 1.54) is 22.1 Å². The van der Waals surface area contributed by atoms with Crippen molar-refractivity contribution in [2.45, 2.75) is 0 Å². The van der Waals surface area contributed by atoms with E-state index in [0.717, 1.165) is 83.7 Å². The zero-order chi connectivity index (χ0) is 45.4. The summed E-state index contributed by atoms with van der Waals surface area (Å²) in [6.07, 6.45) is 0. The van der Waals surface area contributed by atoms with E-state index in [-0.39, 0.29) is 5.82 Å². The van der Waals surface area contributed by atoms with Gasteiger partial charge >= 0.3 is 0 Å². The molecule has 322 valence electrons. The van der Waals surface area contributed by atoms with Gasteiger partial charge in [-0.1, -0.05) is 164 Å². The summed E-state index contributed by atoms with van der Waals surface area (Å²) in [7, 11) is 0. The number of hydrogen-bond donors (Lipinski definition) is 0. The minimum absolute atomic E-state index is 0.273. The number of benzene rings is 11. The molecule has 0 atom stereocenters. The molecule has 0 aliphatic rings. The molecule has 0 fully saturated rings. The van der Waals surface area contributed by atoms with Crippen molar-refractivity contribution in [3.8, 4) is 39.1 Å². The van der Waals surface area contributed by atoms with E-state index in [1.54, 1.807) is 12.1 Å². The number of para-hydroxylation sites is 2. The highest BCUT2D eigenvalue weighted by molar-refractivity contribution is 6.12. The first-order valence-electron chi connectivity index (χ1n) is 23.0. The molecular formula is C64H44FN3. The van der Waals surface area contributed by atoms with Crippen LogP contribution in [0.25, 0.3) is 71.6 Å². The third-order valence-corrected chi connectivity index (χ3v) is 13.0. The lowest BCUT2D eigenvalue weighted by Gasteiger charge is -2.28. The Morgan fingerprint density at radius 3 is 1.46 bits per heavy atom. The van der Waals surface area contributed by atoms with Crippen LogP contribution in [0.1, 0.15) is 0 Å². The second-order valence-electron chi connectivity index (χ2n) is 17.1. The number of hydrogen-bond acceptors (Lipinski definition) is 2. The molecule has 0 aliphatic heterocycles. The van der Waals surface area contributed by atoms with Crippen molar-refractivity contribution in [2.24, 2.45) is 0 Å². The lowest BCUT2D eigenvalue weighted by Crippen LogP contribution is -2.11. The van der Waals surface area contributed by atoms with Gasteiger partial charge in [-0.25, -0.2) is 4.39 Å². The van der Waals surface area contributed by atoms with Crippen molar-refractivity contribution in [1.29, 1.82) is 0 Å². The molecule has 0 bridgehead atoms. The van der Waals surface area contributed by atoms with Crippen LogP contribution in [0.2, 0.25) is 0 Å². The van der Waals surface area contributed by atoms with Gasteiger partial charge in [0.1, 0.15) is 5.82 Å². The fourth-order valence-electron chi connectivity index (χ4n) is 9.83. The third-order valence-electron chi connectivity index (χ3n) is 13.0. The molecule has 12 rings (SSSR count). The Morgan fingerprint density at radius 1 is 0.279 bits per heavy atom. The van der Waals surface area contributed by atoms with Crippen LogP contribution in [0, 0.1) is 5.82 Å². The van der Waals surface area contributed by atoms with Gasteiger partial charge in [0.15, 0.2) is 0 Å². The Balaban J connectivity index is 0.959. The number of aromatic nitrogens is 1. The molecule has 3 nitrogen and oxygen atoms in total. The number of rotatable bonds is 10. The summed E-state index contributed by atoms with van der Waals surface area (Å²) < 4.78 is 16.9. The van der Waals surface area contributed by atoms with Gasteiger partial charge in [-0.15, -0.1) is 0 Å². The second-order valence-corrected chi connectivity index (χ2v) is 17.1. The highest BCUT2D eigenvalue weighted by atomic mass is 19.1. The first-order valence-corrected chi connectivity index (χ1v) is 23.0. The van der Waals surface area contributed by atoms with Gasteiger partial charge in [-0.05, 0) is 142 Å². The van der Waals surface area contributed by atoms with Crippen LogP contribution in [0.3, 0.4) is 0 Å². The van der Waals surface area contributed by atoms with Crippen LogP contribution in [0.15, 0.2) is 267 Å². The molecule has 0 spiro atoms. The predicted molar refractivity (Wildman–Crippen MR) is 284 cm³/mol. The Hall–Kier alpha value is -8.99. The summed E-state index contributed by atoms with van der Waals surface area (Å²) in [5.41, 5.74) is 16.4. The van der Waals surface area contributed by atoms with Crippen LogP contribution in [0.4, 0.5) is 38.5 Å². The molecule has 0 radical (unpaired) electrons. The first kappa shape index (κ1) is 40.5. The maximum Gasteiger partial charge on any atom is 0.123 e. The van der Waals surface area contributed by atoms with Gasteiger partial charge in [-0.2, -0.15) is 0 Å². The molecule has 0 aliphatic carbocycles. The maximum atomic E-state index is 14.6. The summed E-state index contributed by atoms with van der Waals surface area (Å²) in [4.78, 5) is 4.59. The Bertz CT molecular complexity index is 3720. The monoisotopic (exact) mass is 873 g/mol. The van der Waals surface area contributed by atoms with Crippen molar-refractivity contribution < 1.29 is 4.39 Å². The highest BCUT2D eigenvalue weighted by Gasteiger charge is 2.21. The minimum Gasteiger partial charge on any atom is -0.310 e. The lowest BCUT2D eigenvalue weighted by atomic mass is 9.96. The van der Waals surface area contributed by atoms with Gasteiger partial charge in [0.2, 0.25) is 0 Å². The SMILES string of the molecule is Fc1ccc(N(c2ccc3c(c2)c2ccccc2n3-c2ccccc2)c2ccc(-c3ccc(N(c4ccc(-c5ccccc5)cc4)c4cccc(-c5ccccc5)c4)cc3)c3ccccc23)cc1. The minimum atomic E-state index is -0.273. The highest BCUT2D eigenvalue weighted by Crippen LogP contribution is 2.45. The molecular weight excluding hydrogens is 830 g/mol. The molecule has 68 heavy (non-hydrogen) atoms. The lowest BCUT2D eigenvalue weighted by molar-refractivity contribution is 0.628. The first-order chi connectivity index (χ1) is 33.6. The molecule has 4 heteroatoms. The average Bonchev–Trinajstić information content (AvgIpc) is 3.74. The van der Waals surface area contributed by atoms with Gasteiger partial charge in [0.05, 0.1) is 16.7 Å². The zero-order valence-corrected chi connectivity index (χ0v) is 37.1. The van der Waals surface area contributed by atoms with Crippen LogP contribution in [-0.4, -0.2) is 4.57 Å². The summed E-state index contributed by atoms with van der Waals surface area (Å²) >= 11 is 0. The van der Waals surface area contributed by atoms with Gasteiger partial charge in [0.25, 0.3) is 0 Å². The quantitative estimate of drug-likeness (QED) is 0.136. The Morgan fingerprint density at radius 2 is 0.765 bits per heavy atom. The van der Waals surface area contributed by atoms with Crippen LogP contribution >= 0.6 is 0 Å². The summed E-state index contributed by atoms with van der Waals surface area (Å²) in [6, 6.07) is 93.2.